The number of nitrogens with zero attached hydrogens (tertiary/aromatic N) is 2. The van der Waals surface area contributed by atoms with E-state index in [1.807, 2.05) is 12.3 Å². The minimum atomic E-state index is -1.01. The molecule has 1 radical (unpaired) electrons. The summed E-state index contributed by atoms with van der Waals surface area (Å²) in [6.07, 6.45) is 3.05. The van der Waals surface area contributed by atoms with Crippen LogP contribution in [0.5, 0.6) is 0 Å². The summed E-state index contributed by atoms with van der Waals surface area (Å²) in [4.78, 5) is 18.6. The summed E-state index contributed by atoms with van der Waals surface area (Å²) >= 11 is 1.53. The van der Waals surface area contributed by atoms with Gasteiger partial charge in [-0.15, -0.1) is 11.3 Å². The smallest absolute Gasteiger partial charge is 0.339 e. The van der Waals surface area contributed by atoms with Crippen molar-refractivity contribution in [3.05, 3.63) is 28.2 Å². The fourth-order valence-corrected chi connectivity index (χ4v) is 1.74. The Morgan fingerprint density at radius 3 is 2.86 bits per heavy atom. The lowest BCUT2D eigenvalue weighted by Crippen LogP contribution is -2.02. The van der Waals surface area contributed by atoms with Gasteiger partial charge in [-0.05, 0) is 13.0 Å². The summed E-state index contributed by atoms with van der Waals surface area (Å²) in [7, 11) is 0. The molecular weight excluding hydrogens is 200 g/mol. The topological polar surface area (TPSA) is 62.5 Å². The minimum Gasteiger partial charge on any atom is -0.479 e. The Kier molecular flexibility index (Phi) is 2.17. The SMILES string of the molecule is Cc1nc(C2=C[C](C(=O)O)N=C2)cs1. The second-order valence-electron chi connectivity index (χ2n) is 2.80. The number of aromatic nitrogens is 1. The van der Waals surface area contributed by atoms with Crippen LogP contribution in [0.4, 0.5) is 0 Å². The number of aryl methyl sites for hydroxylation is 1. The molecule has 0 atom stereocenters. The molecule has 0 aliphatic carbocycles. The number of allylic oxidation sites excluding steroid dienone is 1. The van der Waals surface area contributed by atoms with Gasteiger partial charge in [-0.3, -0.25) is 4.99 Å². The van der Waals surface area contributed by atoms with Crippen LogP contribution in [0.15, 0.2) is 16.4 Å². The molecule has 1 N–H and O–H groups in total. The van der Waals surface area contributed by atoms with Crippen molar-refractivity contribution in [1.82, 2.24) is 4.98 Å². The molecule has 14 heavy (non-hydrogen) atoms. The van der Waals surface area contributed by atoms with E-state index in [1.165, 1.54) is 23.6 Å². The first kappa shape index (κ1) is 9.08. The van der Waals surface area contributed by atoms with Crippen molar-refractivity contribution < 1.29 is 9.90 Å². The van der Waals surface area contributed by atoms with E-state index in [0.717, 1.165) is 16.3 Å². The standard InChI is InChI=1S/C9H7N2O2S/c1-5-11-8(4-14-5)6-2-7(9(12)13)10-3-6/h2-4H,1H3,(H,12,13). The summed E-state index contributed by atoms with van der Waals surface area (Å²) in [5.74, 6) is -1.01. The molecule has 1 aliphatic heterocycles. The Labute approximate surface area is 84.6 Å². The molecule has 1 aromatic rings. The van der Waals surface area contributed by atoms with Crippen LogP contribution < -0.4 is 0 Å². The average molecular weight is 207 g/mol. The van der Waals surface area contributed by atoms with Crippen LogP contribution in [-0.4, -0.2) is 22.3 Å². The second-order valence-corrected chi connectivity index (χ2v) is 3.86. The summed E-state index contributed by atoms with van der Waals surface area (Å²) in [6, 6.07) is 0.0608. The van der Waals surface area contributed by atoms with Gasteiger partial charge < -0.3 is 5.11 Å². The second kappa shape index (κ2) is 3.34. The third-order valence-electron chi connectivity index (χ3n) is 1.77. The normalized spacial score (nSPS) is 15.9. The maximum absolute atomic E-state index is 10.6. The zero-order valence-corrected chi connectivity index (χ0v) is 8.21. The largest absolute Gasteiger partial charge is 0.479 e. The van der Waals surface area contributed by atoms with Gasteiger partial charge in [0.1, 0.15) is 0 Å². The molecule has 2 heterocycles. The highest BCUT2D eigenvalue weighted by Crippen LogP contribution is 2.23. The maximum atomic E-state index is 10.6. The van der Waals surface area contributed by atoms with E-state index in [2.05, 4.69) is 9.98 Å². The van der Waals surface area contributed by atoms with Crippen molar-refractivity contribution in [2.24, 2.45) is 4.99 Å². The lowest BCUT2D eigenvalue weighted by Gasteiger charge is -1.91. The number of hydrogen-bond donors (Lipinski definition) is 1. The first-order valence-corrected chi connectivity index (χ1v) is 4.83. The lowest BCUT2D eigenvalue weighted by molar-refractivity contribution is -0.134. The maximum Gasteiger partial charge on any atom is 0.339 e. The number of carboxylic acids is 1. The van der Waals surface area contributed by atoms with Crippen LogP contribution in [0.1, 0.15) is 10.7 Å². The van der Waals surface area contributed by atoms with Gasteiger partial charge in [0.2, 0.25) is 6.04 Å². The van der Waals surface area contributed by atoms with Gasteiger partial charge in [0.25, 0.3) is 0 Å². The Hall–Kier alpha value is -1.49. The van der Waals surface area contributed by atoms with Crippen LogP contribution in [-0.2, 0) is 4.79 Å². The molecule has 1 aliphatic rings. The molecule has 0 unspecified atom stereocenters. The molecule has 2 rings (SSSR count). The van der Waals surface area contributed by atoms with Crippen molar-refractivity contribution in [3.63, 3.8) is 0 Å². The molecule has 71 valence electrons. The lowest BCUT2D eigenvalue weighted by atomic mass is 10.2. The van der Waals surface area contributed by atoms with Gasteiger partial charge in [-0.2, -0.15) is 0 Å². The highest BCUT2D eigenvalue weighted by atomic mass is 32.1. The molecular formula is C9H7N2O2S. The Bertz CT molecular complexity index is 434. The number of carboxylic acid groups (broad SMARTS) is 1. The van der Waals surface area contributed by atoms with E-state index < -0.39 is 5.97 Å². The first-order valence-electron chi connectivity index (χ1n) is 3.95. The van der Waals surface area contributed by atoms with Crippen molar-refractivity contribution >= 4 is 29.1 Å². The molecule has 0 spiro atoms. The number of thiazole rings is 1. The van der Waals surface area contributed by atoms with Crippen LogP contribution in [0.25, 0.3) is 5.57 Å². The van der Waals surface area contributed by atoms with Crippen molar-refractivity contribution in [2.45, 2.75) is 6.92 Å². The molecule has 0 saturated heterocycles. The summed E-state index contributed by atoms with van der Waals surface area (Å²) in [5.41, 5.74) is 1.54. The highest BCUT2D eigenvalue weighted by molar-refractivity contribution is 7.09. The number of rotatable bonds is 2. The molecule has 0 amide bonds. The number of carbonyl (C=O) groups is 1. The van der Waals surface area contributed by atoms with Gasteiger partial charge in [0.05, 0.1) is 10.7 Å². The van der Waals surface area contributed by atoms with Gasteiger partial charge in [0.15, 0.2) is 0 Å². The van der Waals surface area contributed by atoms with Crippen molar-refractivity contribution in [3.8, 4) is 0 Å². The predicted molar refractivity (Wildman–Crippen MR) is 54.2 cm³/mol. The van der Waals surface area contributed by atoms with E-state index in [9.17, 15) is 4.79 Å². The molecule has 0 fully saturated rings. The summed E-state index contributed by atoms with van der Waals surface area (Å²) in [6.45, 7) is 1.91. The Morgan fingerprint density at radius 2 is 2.36 bits per heavy atom. The molecule has 5 heteroatoms. The Balaban J connectivity index is 2.27. The minimum absolute atomic E-state index is 0.0608. The Morgan fingerprint density at radius 1 is 1.57 bits per heavy atom. The predicted octanol–water partition coefficient (Wildman–Crippen LogP) is 1.54. The zero-order valence-electron chi connectivity index (χ0n) is 7.39. The third kappa shape index (κ3) is 1.58. The van der Waals surface area contributed by atoms with Gasteiger partial charge >= 0.3 is 5.97 Å². The summed E-state index contributed by atoms with van der Waals surface area (Å²) in [5, 5.41) is 11.5. The van der Waals surface area contributed by atoms with Crippen molar-refractivity contribution in [1.29, 1.82) is 0 Å². The fraction of sp³-hybridized carbons (Fsp3) is 0.111. The van der Waals surface area contributed by atoms with Gasteiger partial charge in [-0.25, -0.2) is 9.78 Å². The quantitative estimate of drug-likeness (QED) is 0.800. The van der Waals surface area contributed by atoms with Crippen molar-refractivity contribution in [2.75, 3.05) is 0 Å². The van der Waals surface area contributed by atoms with E-state index in [1.54, 1.807) is 0 Å². The molecule has 4 nitrogen and oxygen atoms in total. The third-order valence-corrected chi connectivity index (χ3v) is 2.54. The summed E-state index contributed by atoms with van der Waals surface area (Å²) < 4.78 is 0. The molecule has 0 bridgehead atoms. The van der Waals surface area contributed by atoms with E-state index >= 15 is 0 Å². The van der Waals surface area contributed by atoms with Crippen LogP contribution in [0.2, 0.25) is 0 Å². The van der Waals surface area contributed by atoms with Crippen LogP contribution in [0.3, 0.4) is 0 Å². The molecule has 0 saturated carbocycles. The first-order chi connectivity index (χ1) is 6.66. The van der Waals surface area contributed by atoms with E-state index in [4.69, 9.17) is 5.11 Å². The molecule has 0 aromatic carbocycles. The van der Waals surface area contributed by atoms with Crippen LogP contribution >= 0.6 is 11.3 Å². The fourth-order valence-electron chi connectivity index (χ4n) is 1.11. The van der Waals surface area contributed by atoms with Gasteiger partial charge in [0, 0.05) is 17.2 Å². The number of aliphatic imine (C=N–C) groups is 1. The highest BCUT2D eigenvalue weighted by Gasteiger charge is 2.21. The van der Waals surface area contributed by atoms with Gasteiger partial charge in [-0.1, -0.05) is 0 Å². The zero-order chi connectivity index (χ0) is 10.1. The molecule has 1 aromatic heterocycles. The van der Waals surface area contributed by atoms with E-state index in [0.29, 0.717) is 0 Å². The number of hydrogen-bond acceptors (Lipinski definition) is 4. The number of aliphatic carboxylic acids is 1. The average Bonchev–Trinajstić information content (AvgIpc) is 2.70. The monoisotopic (exact) mass is 207 g/mol. The van der Waals surface area contributed by atoms with Crippen LogP contribution in [0, 0.1) is 13.0 Å². The van der Waals surface area contributed by atoms with E-state index in [-0.39, 0.29) is 6.04 Å².